The monoisotopic (exact) mass is 230 g/mol. The van der Waals surface area contributed by atoms with Crippen molar-refractivity contribution in [3.05, 3.63) is 0 Å². The number of amides is 1. The Hall–Kier alpha value is -0.650. The minimum atomic E-state index is 0.0645. The van der Waals surface area contributed by atoms with Crippen molar-refractivity contribution in [3.63, 3.8) is 0 Å². The highest BCUT2D eigenvalue weighted by molar-refractivity contribution is 5.77. The Morgan fingerprint density at radius 2 is 2.44 bits per heavy atom. The highest BCUT2D eigenvalue weighted by Gasteiger charge is 2.22. The smallest absolute Gasteiger partial charge is 0.234 e. The van der Waals surface area contributed by atoms with Gasteiger partial charge in [-0.2, -0.15) is 0 Å². The predicted molar refractivity (Wildman–Crippen MR) is 61.1 cm³/mol. The topological polar surface area (TPSA) is 61.8 Å². The van der Waals surface area contributed by atoms with Crippen LogP contribution in [0.1, 0.15) is 12.8 Å². The van der Waals surface area contributed by atoms with Crippen molar-refractivity contribution < 1.29 is 14.6 Å². The second-order valence-corrected chi connectivity index (χ2v) is 4.27. The SMILES string of the molecule is COCCCNC(=O)CN1CCC(CO)C1. The fourth-order valence-electron chi connectivity index (χ4n) is 1.91. The molecule has 0 aromatic heterocycles. The molecule has 1 heterocycles. The molecule has 2 N–H and O–H groups in total. The lowest BCUT2D eigenvalue weighted by Crippen LogP contribution is -2.36. The molecule has 0 aliphatic carbocycles. The summed E-state index contributed by atoms with van der Waals surface area (Å²) >= 11 is 0. The fourth-order valence-corrected chi connectivity index (χ4v) is 1.91. The van der Waals surface area contributed by atoms with Crippen LogP contribution in [-0.4, -0.2) is 62.4 Å². The lowest BCUT2D eigenvalue weighted by Gasteiger charge is -2.14. The van der Waals surface area contributed by atoms with Gasteiger partial charge < -0.3 is 15.2 Å². The van der Waals surface area contributed by atoms with Gasteiger partial charge >= 0.3 is 0 Å². The molecule has 0 radical (unpaired) electrons. The van der Waals surface area contributed by atoms with Crippen LogP contribution < -0.4 is 5.32 Å². The molecule has 0 bridgehead atoms. The summed E-state index contributed by atoms with van der Waals surface area (Å²) in [6.07, 6.45) is 1.84. The molecule has 16 heavy (non-hydrogen) atoms. The summed E-state index contributed by atoms with van der Waals surface area (Å²) in [6.45, 7) is 3.77. The number of aliphatic hydroxyl groups is 1. The van der Waals surface area contributed by atoms with Gasteiger partial charge in [-0.15, -0.1) is 0 Å². The Morgan fingerprint density at radius 3 is 3.06 bits per heavy atom. The number of carbonyl (C=O) groups excluding carboxylic acids is 1. The minimum Gasteiger partial charge on any atom is -0.396 e. The number of carbonyl (C=O) groups is 1. The summed E-state index contributed by atoms with van der Waals surface area (Å²) in [5, 5.41) is 11.8. The highest BCUT2D eigenvalue weighted by Crippen LogP contribution is 2.14. The Labute approximate surface area is 96.8 Å². The summed E-state index contributed by atoms with van der Waals surface area (Å²) in [5.41, 5.74) is 0. The van der Waals surface area contributed by atoms with Crippen molar-refractivity contribution in [1.29, 1.82) is 0 Å². The number of rotatable bonds is 7. The van der Waals surface area contributed by atoms with Crippen LogP contribution in [0.3, 0.4) is 0 Å². The summed E-state index contributed by atoms with van der Waals surface area (Å²) in [6, 6.07) is 0. The van der Waals surface area contributed by atoms with Gasteiger partial charge in [0.1, 0.15) is 0 Å². The van der Waals surface area contributed by atoms with Gasteiger partial charge in [-0.3, -0.25) is 9.69 Å². The van der Waals surface area contributed by atoms with Gasteiger partial charge in [0, 0.05) is 33.4 Å². The Morgan fingerprint density at radius 1 is 1.62 bits per heavy atom. The summed E-state index contributed by atoms with van der Waals surface area (Å²) in [4.78, 5) is 13.6. The van der Waals surface area contributed by atoms with Gasteiger partial charge in [0.05, 0.1) is 6.54 Å². The number of likely N-dealkylation sites (tertiary alicyclic amines) is 1. The third-order valence-electron chi connectivity index (χ3n) is 2.84. The number of aliphatic hydroxyl groups excluding tert-OH is 1. The molecule has 1 fully saturated rings. The Balaban J connectivity index is 2.06. The third kappa shape index (κ3) is 4.92. The molecule has 0 spiro atoms. The number of nitrogens with one attached hydrogen (secondary N) is 1. The first kappa shape index (κ1) is 13.4. The van der Waals surface area contributed by atoms with Crippen LogP contribution in [0.5, 0.6) is 0 Å². The van der Waals surface area contributed by atoms with E-state index in [1.165, 1.54) is 0 Å². The van der Waals surface area contributed by atoms with Crippen LogP contribution in [0.15, 0.2) is 0 Å². The van der Waals surface area contributed by atoms with E-state index in [2.05, 4.69) is 10.2 Å². The number of hydrogen-bond donors (Lipinski definition) is 2. The molecule has 0 saturated carbocycles. The van der Waals surface area contributed by atoms with E-state index in [9.17, 15) is 4.79 Å². The molecule has 1 unspecified atom stereocenters. The number of hydrogen-bond acceptors (Lipinski definition) is 4. The zero-order valence-electron chi connectivity index (χ0n) is 9.95. The van der Waals surface area contributed by atoms with Crippen LogP contribution >= 0.6 is 0 Å². The zero-order chi connectivity index (χ0) is 11.8. The Bertz CT molecular complexity index is 211. The summed E-state index contributed by atoms with van der Waals surface area (Å²) < 4.78 is 4.90. The zero-order valence-corrected chi connectivity index (χ0v) is 9.95. The van der Waals surface area contributed by atoms with Crippen molar-refractivity contribution in [2.24, 2.45) is 5.92 Å². The van der Waals surface area contributed by atoms with Gasteiger partial charge in [0.25, 0.3) is 0 Å². The Kier molecular flexibility index (Phi) is 6.37. The first-order chi connectivity index (χ1) is 7.76. The molecule has 1 rings (SSSR count). The molecule has 5 heteroatoms. The van der Waals surface area contributed by atoms with Gasteiger partial charge in [-0.05, 0) is 25.3 Å². The number of ether oxygens (including phenoxy) is 1. The molecule has 0 aromatic rings. The van der Waals surface area contributed by atoms with Gasteiger partial charge in [-0.25, -0.2) is 0 Å². The molecule has 1 atom stereocenters. The second-order valence-electron chi connectivity index (χ2n) is 4.27. The van der Waals surface area contributed by atoms with Crippen LogP contribution in [0.2, 0.25) is 0 Å². The number of nitrogens with zero attached hydrogens (tertiary/aromatic N) is 1. The van der Waals surface area contributed by atoms with Gasteiger partial charge in [0.15, 0.2) is 0 Å². The lowest BCUT2D eigenvalue weighted by molar-refractivity contribution is -0.122. The van der Waals surface area contributed by atoms with E-state index < -0.39 is 0 Å². The molecule has 1 aliphatic heterocycles. The maximum atomic E-state index is 11.5. The summed E-state index contributed by atoms with van der Waals surface area (Å²) in [7, 11) is 1.65. The second kappa shape index (κ2) is 7.60. The van der Waals surface area contributed by atoms with Crippen molar-refractivity contribution in [2.45, 2.75) is 12.8 Å². The average Bonchev–Trinajstić information content (AvgIpc) is 2.72. The molecule has 1 aliphatic rings. The van der Waals surface area contributed by atoms with E-state index in [1.807, 2.05) is 0 Å². The van der Waals surface area contributed by atoms with Crippen LogP contribution in [0.4, 0.5) is 0 Å². The maximum absolute atomic E-state index is 11.5. The molecule has 0 aromatic carbocycles. The minimum absolute atomic E-state index is 0.0645. The van der Waals surface area contributed by atoms with Crippen molar-refractivity contribution in [2.75, 3.05) is 46.5 Å². The standard InChI is InChI=1S/C11H22N2O3/c1-16-6-2-4-12-11(15)8-13-5-3-10(7-13)9-14/h10,14H,2-9H2,1H3,(H,12,15). The highest BCUT2D eigenvalue weighted by atomic mass is 16.5. The molecule has 94 valence electrons. The van der Waals surface area contributed by atoms with Crippen molar-refractivity contribution in [3.8, 4) is 0 Å². The largest absolute Gasteiger partial charge is 0.396 e. The quantitative estimate of drug-likeness (QED) is 0.576. The van der Waals surface area contributed by atoms with Gasteiger partial charge in [-0.1, -0.05) is 0 Å². The van der Waals surface area contributed by atoms with Crippen LogP contribution in [0.25, 0.3) is 0 Å². The molecular weight excluding hydrogens is 208 g/mol. The van der Waals surface area contributed by atoms with Crippen LogP contribution in [-0.2, 0) is 9.53 Å². The molecule has 1 amide bonds. The van der Waals surface area contributed by atoms with E-state index in [1.54, 1.807) is 7.11 Å². The fraction of sp³-hybridized carbons (Fsp3) is 0.909. The molecular formula is C11H22N2O3. The first-order valence-corrected chi connectivity index (χ1v) is 5.85. The average molecular weight is 230 g/mol. The van der Waals surface area contributed by atoms with Crippen LogP contribution in [0, 0.1) is 5.92 Å². The lowest BCUT2D eigenvalue weighted by atomic mass is 10.1. The molecule has 1 saturated heterocycles. The van der Waals surface area contributed by atoms with Crippen molar-refractivity contribution >= 4 is 5.91 Å². The normalized spacial score (nSPS) is 21.2. The number of methoxy groups -OCH3 is 1. The van der Waals surface area contributed by atoms with Crippen molar-refractivity contribution in [1.82, 2.24) is 10.2 Å². The van der Waals surface area contributed by atoms with E-state index >= 15 is 0 Å². The van der Waals surface area contributed by atoms with E-state index in [-0.39, 0.29) is 12.5 Å². The van der Waals surface area contributed by atoms with Gasteiger partial charge in [0.2, 0.25) is 5.91 Å². The molecule has 5 nitrogen and oxygen atoms in total. The summed E-state index contributed by atoms with van der Waals surface area (Å²) in [5.74, 6) is 0.413. The maximum Gasteiger partial charge on any atom is 0.234 e. The van der Waals surface area contributed by atoms with E-state index in [4.69, 9.17) is 9.84 Å². The third-order valence-corrected chi connectivity index (χ3v) is 2.84. The first-order valence-electron chi connectivity index (χ1n) is 5.85. The predicted octanol–water partition coefficient (Wildman–Crippen LogP) is -0.547. The van der Waals surface area contributed by atoms with E-state index in [0.29, 0.717) is 25.6 Å². The van der Waals surface area contributed by atoms with E-state index in [0.717, 1.165) is 25.9 Å².